The lowest BCUT2D eigenvalue weighted by atomic mass is 10.00. The molecule has 3 aromatic carbocycles. The number of piperazine rings is 1. The molecule has 0 radical (unpaired) electrons. The van der Waals surface area contributed by atoms with Crippen LogP contribution in [0.25, 0.3) is 11.0 Å². The highest BCUT2D eigenvalue weighted by atomic mass is 19.4. The van der Waals surface area contributed by atoms with Crippen LogP contribution in [0.3, 0.4) is 0 Å². The topological polar surface area (TPSA) is 53.8 Å². The van der Waals surface area contributed by atoms with Crippen molar-refractivity contribution in [3.8, 4) is 0 Å². The van der Waals surface area contributed by atoms with Gasteiger partial charge in [-0.15, -0.1) is 0 Å². The molecule has 2 amide bonds. The second-order valence-electron chi connectivity index (χ2n) is 8.90. The van der Waals surface area contributed by atoms with Gasteiger partial charge in [0.25, 0.3) is 5.91 Å². The van der Waals surface area contributed by atoms with E-state index in [0.717, 1.165) is 23.1 Å². The predicted molar refractivity (Wildman–Crippen MR) is 128 cm³/mol. The number of benzene rings is 3. The second kappa shape index (κ2) is 9.53. The summed E-state index contributed by atoms with van der Waals surface area (Å²) in [6.45, 7) is 0.0720. The Hall–Kier alpha value is -4.07. The fourth-order valence-electron chi connectivity index (χ4n) is 4.59. The lowest BCUT2D eigenvalue weighted by molar-refractivity contribution is -0.139. The Kier molecular flexibility index (Phi) is 6.26. The fraction of sp³-hybridized carbons (Fsp3) is 0.214. The molecule has 1 aliphatic heterocycles. The van der Waals surface area contributed by atoms with Gasteiger partial charge in [-0.1, -0.05) is 60.7 Å². The van der Waals surface area contributed by atoms with Gasteiger partial charge in [-0.3, -0.25) is 9.59 Å². The first-order valence-electron chi connectivity index (χ1n) is 11.6. The molecule has 1 saturated heterocycles. The van der Waals surface area contributed by atoms with Crippen molar-refractivity contribution in [1.29, 1.82) is 0 Å². The molecule has 0 aliphatic carbocycles. The first kappa shape index (κ1) is 23.7. The highest BCUT2D eigenvalue weighted by Gasteiger charge is 2.36. The maximum atomic E-state index is 13.3. The Bertz CT molecular complexity index is 1360. The number of hydrogen-bond donors (Lipinski definition) is 0. The summed E-state index contributed by atoms with van der Waals surface area (Å²) in [7, 11) is 0. The summed E-state index contributed by atoms with van der Waals surface area (Å²) in [5.41, 5.74) is 1.16. The van der Waals surface area contributed by atoms with Gasteiger partial charge in [0.15, 0.2) is 5.76 Å². The first-order chi connectivity index (χ1) is 17.3. The highest BCUT2D eigenvalue weighted by molar-refractivity contribution is 5.98. The normalized spacial score (nSPS) is 16.5. The molecule has 0 saturated carbocycles. The highest BCUT2D eigenvalue weighted by Crippen LogP contribution is 2.30. The summed E-state index contributed by atoms with van der Waals surface area (Å²) in [4.78, 5) is 29.6. The van der Waals surface area contributed by atoms with E-state index in [1.165, 1.54) is 11.0 Å². The zero-order chi connectivity index (χ0) is 25.3. The largest absolute Gasteiger partial charge is 0.451 e. The van der Waals surface area contributed by atoms with Crippen molar-refractivity contribution in [1.82, 2.24) is 9.80 Å². The van der Waals surface area contributed by atoms with Gasteiger partial charge in [0.1, 0.15) is 12.1 Å². The Morgan fingerprint density at radius 3 is 2.39 bits per heavy atom. The summed E-state index contributed by atoms with van der Waals surface area (Å²) in [5.74, 6) is -0.575. The Morgan fingerprint density at radius 2 is 1.64 bits per heavy atom. The molecule has 1 aromatic heterocycles. The smallest absolute Gasteiger partial charge is 0.416 e. The molecule has 0 N–H and O–H groups in total. The predicted octanol–water partition coefficient (Wildman–Crippen LogP) is 5.55. The number of carbonyl (C=O) groups excluding carboxylic acids is 2. The lowest BCUT2D eigenvalue weighted by Crippen LogP contribution is -2.58. The molecular formula is C28H23F3N2O3. The lowest BCUT2D eigenvalue weighted by Gasteiger charge is -2.41. The van der Waals surface area contributed by atoms with Crippen molar-refractivity contribution in [2.24, 2.45) is 0 Å². The van der Waals surface area contributed by atoms with Crippen LogP contribution in [-0.2, 0) is 23.9 Å². The summed E-state index contributed by atoms with van der Waals surface area (Å²) in [5, 5.41) is 0.788. The average Bonchev–Trinajstić information content (AvgIpc) is 3.30. The van der Waals surface area contributed by atoms with Crippen LogP contribution in [0.5, 0.6) is 0 Å². The van der Waals surface area contributed by atoms with Crippen LogP contribution < -0.4 is 0 Å². The molecule has 5 nitrogen and oxygen atoms in total. The molecule has 1 atom stereocenters. The van der Waals surface area contributed by atoms with Crippen molar-refractivity contribution in [3.05, 3.63) is 107 Å². The van der Waals surface area contributed by atoms with Crippen molar-refractivity contribution in [2.75, 3.05) is 13.1 Å². The van der Waals surface area contributed by atoms with E-state index in [9.17, 15) is 22.8 Å². The van der Waals surface area contributed by atoms with E-state index in [2.05, 4.69) is 0 Å². The van der Waals surface area contributed by atoms with Crippen LogP contribution in [0.1, 0.15) is 27.2 Å². The number of furan rings is 1. The summed E-state index contributed by atoms with van der Waals surface area (Å²) in [6.07, 6.45) is -4.02. The quantitative estimate of drug-likeness (QED) is 0.367. The number of rotatable bonds is 5. The van der Waals surface area contributed by atoms with Crippen LogP contribution in [0.4, 0.5) is 13.2 Å². The van der Waals surface area contributed by atoms with Crippen LogP contribution >= 0.6 is 0 Å². The molecule has 5 rings (SSSR count). The van der Waals surface area contributed by atoms with Gasteiger partial charge in [0.05, 0.1) is 11.6 Å². The van der Waals surface area contributed by atoms with Crippen LogP contribution in [-0.4, -0.2) is 40.7 Å². The van der Waals surface area contributed by atoms with Crippen molar-refractivity contribution in [2.45, 2.75) is 25.2 Å². The van der Waals surface area contributed by atoms with Crippen LogP contribution in [0.15, 0.2) is 89.3 Å². The van der Waals surface area contributed by atoms with E-state index in [-0.39, 0.29) is 31.3 Å². The first-order valence-corrected chi connectivity index (χ1v) is 11.6. The van der Waals surface area contributed by atoms with Gasteiger partial charge in [0, 0.05) is 18.5 Å². The van der Waals surface area contributed by atoms with Gasteiger partial charge in [-0.05, 0) is 41.8 Å². The van der Waals surface area contributed by atoms with Crippen molar-refractivity contribution < 1.29 is 27.2 Å². The van der Waals surface area contributed by atoms with E-state index in [1.54, 1.807) is 23.1 Å². The number of fused-ring (bicyclic) bond motifs is 1. The van der Waals surface area contributed by atoms with Gasteiger partial charge in [0.2, 0.25) is 5.91 Å². The molecule has 184 valence electrons. The molecule has 2 heterocycles. The standard InChI is InChI=1S/C28H23F3N2O3/c29-28(30,31)22-11-6-9-20(13-22)16-33-23(14-19-7-2-1-3-8-19)17-32(18-26(33)34)27(35)25-15-21-10-4-5-12-24(21)36-25/h1-13,15,23H,14,16-18H2. The average molecular weight is 492 g/mol. The zero-order valence-electron chi connectivity index (χ0n) is 19.2. The van der Waals surface area contributed by atoms with E-state index in [1.807, 2.05) is 48.5 Å². The molecule has 0 bridgehead atoms. The monoisotopic (exact) mass is 492 g/mol. The SMILES string of the molecule is O=C(c1cc2ccccc2o1)N1CC(=O)N(Cc2cccc(C(F)(F)F)c2)C(Cc2ccccc2)C1. The van der Waals surface area contributed by atoms with E-state index >= 15 is 0 Å². The van der Waals surface area contributed by atoms with Gasteiger partial charge >= 0.3 is 6.18 Å². The molecule has 1 aliphatic rings. The second-order valence-corrected chi connectivity index (χ2v) is 8.90. The van der Waals surface area contributed by atoms with Gasteiger partial charge in [-0.25, -0.2) is 0 Å². The zero-order valence-corrected chi connectivity index (χ0v) is 19.2. The molecule has 8 heteroatoms. The Labute approximate surface area is 205 Å². The fourth-order valence-corrected chi connectivity index (χ4v) is 4.59. The number of alkyl halides is 3. The summed E-state index contributed by atoms with van der Waals surface area (Å²) in [6, 6.07) is 23.0. The van der Waals surface area contributed by atoms with Gasteiger partial charge < -0.3 is 14.2 Å². The molecular weight excluding hydrogens is 469 g/mol. The number of hydrogen-bond acceptors (Lipinski definition) is 3. The number of nitrogens with zero attached hydrogens (tertiary/aromatic N) is 2. The number of carbonyl (C=O) groups is 2. The van der Waals surface area contributed by atoms with Gasteiger partial charge in [-0.2, -0.15) is 13.2 Å². The third-order valence-corrected chi connectivity index (χ3v) is 6.36. The minimum absolute atomic E-state index is 0.0208. The number of para-hydroxylation sites is 1. The maximum Gasteiger partial charge on any atom is 0.416 e. The van der Waals surface area contributed by atoms with E-state index < -0.39 is 23.7 Å². The van der Waals surface area contributed by atoms with Crippen LogP contribution in [0, 0.1) is 0 Å². The molecule has 1 fully saturated rings. The Morgan fingerprint density at radius 1 is 0.917 bits per heavy atom. The number of amides is 2. The minimum Gasteiger partial charge on any atom is -0.451 e. The molecule has 0 spiro atoms. The van der Waals surface area contributed by atoms with E-state index in [4.69, 9.17) is 4.42 Å². The van der Waals surface area contributed by atoms with E-state index in [0.29, 0.717) is 17.6 Å². The molecule has 1 unspecified atom stereocenters. The van der Waals surface area contributed by atoms with Crippen molar-refractivity contribution >= 4 is 22.8 Å². The maximum absolute atomic E-state index is 13.3. The third kappa shape index (κ3) is 4.98. The van der Waals surface area contributed by atoms with Crippen molar-refractivity contribution in [3.63, 3.8) is 0 Å². The molecule has 4 aromatic rings. The summed E-state index contributed by atoms with van der Waals surface area (Å²) < 4.78 is 45.4. The minimum atomic E-state index is -4.47. The van der Waals surface area contributed by atoms with Crippen LogP contribution in [0.2, 0.25) is 0 Å². The Balaban J connectivity index is 1.42. The summed E-state index contributed by atoms with van der Waals surface area (Å²) >= 11 is 0. The molecule has 36 heavy (non-hydrogen) atoms. The number of halogens is 3. The third-order valence-electron chi connectivity index (χ3n) is 6.36.